The van der Waals surface area contributed by atoms with Crippen LogP contribution in [0.3, 0.4) is 0 Å². The van der Waals surface area contributed by atoms with E-state index >= 15 is 0 Å². The second kappa shape index (κ2) is 3.19. The molecule has 0 N–H and O–H groups in total. The predicted molar refractivity (Wildman–Crippen MR) is 25.7 cm³/mol. The average molecular weight is 87.9 g/mol. The van der Waals surface area contributed by atoms with Crippen LogP contribution < -0.4 is 0 Å². The third-order valence-electron chi connectivity index (χ3n) is 0.539. The normalized spacial score (nSPS) is 18.7. The summed E-state index contributed by atoms with van der Waals surface area (Å²) in [5, 5.41) is 0. The largest absolute Gasteiger partial charge is 0.325 e. The van der Waals surface area contributed by atoms with Crippen molar-refractivity contribution in [2.45, 2.75) is 13.7 Å². The minimum atomic E-state index is 0. The lowest BCUT2D eigenvalue weighted by Gasteiger charge is -1.79. The van der Waals surface area contributed by atoms with Gasteiger partial charge in [-0.2, -0.15) is 0 Å². The van der Waals surface area contributed by atoms with Gasteiger partial charge < -0.3 is 4.81 Å². The maximum atomic E-state index is 4.44. The third-order valence-corrected chi connectivity index (χ3v) is 0.539. The molecule has 2 nitrogen and oxygen atoms in total. The molecule has 0 aromatic rings. The SMILES string of the molecule is B1CCOO1.C. The number of rotatable bonds is 0. The summed E-state index contributed by atoms with van der Waals surface area (Å²) in [6, 6.07) is 0. The number of hydrogen-bond donors (Lipinski definition) is 0. The van der Waals surface area contributed by atoms with Crippen molar-refractivity contribution in [3.05, 3.63) is 0 Å². The van der Waals surface area contributed by atoms with Crippen LogP contribution in [0.1, 0.15) is 7.43 Å². The molecule has 0 atom stereocenters. The third kappa shape index (κ3) is 1.43. The lowest BCUT2D eigenvalue weighted by Crippen LogP contribution is -1.78. The van der Waals surface area contributed by atoms with Gasteiger partial charge in [-0.3, -0.25) is 4.89 Å². The molecule has 1 aliphatic rings. The molecule has 1 heterocycles. The molecule has 0 radical (unpaired) electrons. The molecule has 6 heavy (non-hydrogen) atoms. The minimum Gasteiger partial charge on any atom is -0.310 e. The molecule has 3 heteroatoms. The van der Waals surface area contributed by atoms with Gasteiger partial charge in [0.05, 0.1) is 6.61 Å². The molecule has 1 rings (SSSR count). The fraction of sp³-hybridized carbons (Fsp3) is 1.00. The maximum Gasteiger partial charge on any atom is 0.325 e. The molecule has 0 aliphatic carbocycles. The van der Waals surface area contributed by atoms with Gasteiger partial charge in [0.25, 0.3) is 0 Å². The fourth-order valence-corrected chi connectivity index (χ4v) is 0.295. The van der Waals surface area contributed by atoms with E-state index in [1.165, 1.54) is 0 Å². The highest BCUT2D eigenvalue weighted by Gasteiger charge is 1.99. The van der Waals surface area contributed by atoms with E-state index in [-0.39, 0.29) is 7.43 Å². The maximum absolute atomic E-state index is 4.44. The van der Waals surface area contributed by atoms with E-state index < -0.39 is 0 Å². The van der Waals surface area contributed by atoms with E-state index in [1.807, 2.05) is 0 Å². The van der Waals surface area contributed by atoms with Crippen LogP contribution in [0.15, 0.2) is 0 Å². The summed E-state index contributed by atoms with van der Waals surface area (Å²) in [5.41, 5.74) is 0. The quantitative estimate of drug-likeness (QED) is 0.314. The molecular formula is C3H9BO2. The molecule has 0 aromatic carbocycles. The Labute approximate surface area is 38.6 Å². The predicted octanol–water partition coefficient (Wildman–Crippen LogP) is 0.354. The lowest BCUT2D eigenvalue weighted by molar-refractivity contribution is -0.181. The van der Waals surface area contributed by atoms with Crippen LogP contribution in [-0.2, 0) is 9.69 Å². The summed E-state index contributed by atoms with van der Waals surface area (Å²) in [4.78, 5) is 8.89. The number of hydrogen-bond acceptors (Lipinski definition) is 2. The summed E-state index contributed by atoms with van der Waals surface area (Å²) in [7, 11) is 0.778. The van der Waals surface area contributed by atoms with Gasteiger partial charge >= 0.3 is 7.48 Å². The highest BCUT2D eigenvalue weighted by Crippen LogP contribution is 1.91. The van der Waals surface area contributed by atoms with Gasteiger partial charge in [-0.15, -0.1) is 0 Å². The van der Waals surface area contributed by atoms with Crippen LogP contribution >= 0.6 is 0 Å². The Hall–Kier alpha value is -0.0151. The van der Waals surface area contributed by atoms with Gasteiger partial charge in [-0.1, -0.05) is 7.43 Å². The van der Waals surface area contributed by atoms with E-state index in [4.69, 9.17) is 0 Å². The monoisotopic (exact) mass is 88.1 g/mol. The topological polar surface area (TPSA) is 18.5 Å². The Balaban J connectivity index is 0.000000250. The van der Waals surface area contributed by atoms with E-state index in [1.54, 1.807) is 0 Å². The smallest absolute Gasteiger partial charge is 0.310 e. The first kappa shape index (κ1) is 5.98. The first-order chi connectivity index (χ1) is 2.50. The molecule has 0 spiro atoms. The molecular weight excluding hydrogens is 78.8 g/mol. The van der Waals surface area contributed by atoms with Crippen molar-refractivity contribution in [2.75, 3.05) is 6.61 Å². The van der Waals surface area contributed by atoms with Crippen molar-refractivity contribution < 1.29 is 9.69 Å². The van der Waals surface area contributed by atoms with Gasteiger partial charge in [0.1, 0.15) is 0 Å². The Morgan fingerprint density at radius 1 is 1.50 bits per heavy atom. The van der Waals surface area contributed by atoms with Crippen molar-refractivity contribution in [3.63, 3.8) is 0 Å². The minimum absolute atomic E-state index is 0. The summed E-state index contributed by atoms with van der Waals surface area (Å²) in [6.45, 7) is 0.778. The van der Waals surface area contributed by atoms with Gasteiger partial charge in [-0.05, 0) is 6.32 Å². The molecule has 0 bridgehead atoms. The molecule has 1 fully saturated rings. The van der Waals surface area contributed by atoms with Crippen molar-refractivity contribution >= 4 is 7.48 Å². The first-order valence-corrected chi connectivity index (χ1v) is 1.74. The zero-order valence-corrected chi connectivity index (χ0v) is 2.94. The second-order valence-electron chi connectivity index (χ2n) is 0.998. The van der Waals surface area contributed by atoms with E-state index in [0.717, 1.165) is 20.4 Å². The van der Waals surface area contributed by atoms with Gasteiger partial charge in [0.2, 0.25) is 0 Å². The zero-order chi connectivity index (χ0) is 3.54. The summed E-state index contributed by atoms with van der Waals surface area (Å²) in [6.07, 6.45) is 1.06. The van der Waals surface area contributed by atoms with Crippen molar-refractivity contribution in [1.82, 2.24) is 0 Å². The van der Waals surface area contributed by atoms with Crippen LogP contribution in [0.4, 0.5) is 0 Å². The van der Waals surface area contributed by atoms with Crippen molar-refractivity contribution in [3.8, 4) is 0 Å². The summed E-state index contributed by atoms with van der Waals surface area (Å²) in [5.74, 6) is 0. The van der Waals surface area contributed by atoms with E-state index in [0.29, 0.717) is 0 Å². The van der Waals surface area contributed by atoms with E-state index in [9.17, 15) is 0 Å². The standard InChI is InChI=1S/C2H5BO2.CH4/c1-2-4-5-3-1;/h3H,1-2H2;1H4. The van der Waals surface area contributed by atoms with Crippen LogP contribution in [0.25, 0.3) is 0 Å². The van der Waals surface area contributed by atoms with Gasteiger partial charge in [-0.25, -0.2) is 0 Å². The highest BCUT2D eigenvalue weighted by atomic mass is 17.2. The van der Waals surface area contributed by atoms with Crippen LogP contribution in [0, 0.1) is 0 Å². The van der Waals surface area contributed by atoms with Crippen LogP contribution in [-0.4, -0.2) is 14.1 Å². The molecule has 36 valence electrons. The highest BCUT2D eigenvalue weighted by molar-refractivity contribution is 6.27. The first-order valence-electron chi connectivity index (χ1n) is 1.74. The Morgan fingerprint density at radius 3 is 2.50 bits per heavy atom. The fourth-order valence-electron chi connectivity index (χ4n) is 0.295. The zero-order valence-electron chi connectivity index (χ0n) is 2.94. The van der Waals surface area contributed by atoms with Gasteiger partial charge in [0.15, 0.2) is 0 Å². The van der Waals surface area contributed by atoms with Crippen LogP contribution in [0.2, 0.25) is 6.32 Å². The Morgan fingerprint density at radius 2 is 2.33 bits per heavy atom. The summed E-state index contributed by atoms with van der Waals surface area (Å²) < 4.78 is 0. The Bertz CT molecular complexity index is 20.4. The molecule has 1 aliphatic heterocycles. The second-order valence-corrected chi connectivity index (χ2v) is 0.998. The van der Waals surface area contributed by atoms with Crippen molar-refractivity contribution in [1.29, 1.82) is 0 Å². The molecule has 1 saturated heterocycles. The summed E-state index contributed by atoms with van der Waals surface area (Å²) >= 11 is 0. The Kier molecular flexibility index (Phi) is 3.18. The average Bonchev–Trinajstić information content (AvgIpc) is 1.76. The van der Waals surface area contributed by atoms with E-state index in [2.05, 4.69) is 9.69 Å². The molecule has 0 aromatic heterocycles. The molecule has 0 unspecified atom stereocenters. The van der Waals surface area contributed by atoms with Crippen molar-refractivity contribution in [2.24, 2.45) is 0 Å². The molecule has 0 amide bonds. The van der Waals surface area contributed by atoms with Gasteiger partial charge in [0, 0.05) is 0 Å². The van der Waals surface area contributed by atoms with Crippen LogP contribution in [0.5, 0.6) is 0 Å². The lowest BCUT2D eigenvalue weighted by atomic mass is 9.99. The molecule has 0 saturated carbocycles.